The molecule has 0 aliphatic rings. The predicted octanol–water partition coefficient (Wildman–Crippen LogP) is 2.79. The molecule has 6 heteroatoms. The normalized spacial score (nSPS) is 11.7. The van der Waals surface area contributed by atoms with Gasteiger partial charge in [-0.15, -0.1) is 4.68 Å². The quantitative estimate of drug-likeness (QED) is 0.740. The number of rotatable bonds is 2. The van der Waals surface area contributed by atoms with E-state index in [1.54, 1.807) is 4.68 Å². The molecule has 0 spiro atoms. The summed E-state index contributed by atoms with van der Waals surface area (Å²) in [6.45, 7) is 6.09. The van der Waals surface area contributed by atoms with E-state index in [9.17, 15) is 4.39 Å². The van der Waals surface area contributed by atoms with Gasteiger partial charge in [0.15, 0.2) is 19.1 Å². The van der Waals surface area contributed by atoms with Crippen molar-refractivity contribution in [3.05, 3.63) is 48.4 Å². The Morgan fingerprint density at radius 3 is 2.48 bits per heavy atom. The van der Waals surface area contributed by atoms with E-state index in [1.165, 1.54) is 18.5 Å². The third-order valence-corrected chi connectivity index (χ3v) is 3.47. The number of nitrogens with zero attached hydrogens (tertiary/aromatic N) is 4. The van der Waals surface area contributed by atoms with Crippen LogP contribution in [0.5, 0.6) is 0 Å². The lowest BCUT2D eigenvalue weighted by atomic mass is 9.96. The first-order valence-electron chi connectivity index (χ1n) is 7.38. The zero-order valence-electron chi connectivity index (χ0n) is 13.6. The average molecular weight is 312 g/mol. The summed E-state index contributed by atoms with van der Waals surface area (Å²) < 4.78 is 15.9. The second-order valence-corrected chi connectivity index (χ2v) is 6.56. The fraction of sp³-hybridized carbons (Fsp3) is 0.294. The molecule has 0 aliphatic heterocycles. The van der Waals surface area contributed by atoms with Gasteiger partial charge in [0, 0.05) is 22.6 Å². The topological polar surface area (TPSA) is 58.3 Å². The van der Waals surface area contributed by atoms with Crippen molar-refractivity contribution >= 4 is 0 Å². The van der Waals surface area contributed by atoms with E-state index in [2.05, 4.69) is 20.1 Å². The number of aromatic nitrogens is 5. The molecule has 2 aromatic heterocycles. The molecule has 0 atom stereocenters. The number of benzene rings is 1. The van der Waals surface area contributed by atoms with Gasteiger partial charge in [-0.3, -0.25) is 0 Å². The van der Waals surface area contributed by atoms with Crippen LogP contribution < -0.4 is 4.68 Å². The fourth-order valence-electron chi connectivity index (χ4n) is 2.28. The minimum Gasteiger partial charge on any atom is -0.221 e. The number of hydrogen-bond acceptors (Lipinski definition) is 3. The Bertz CT molecular complexity index is 848. The molecule has 2 heterocycles. The minimum absolute atomic E-state index is 0.193. The molecule has 1 aromatic carbocycles. The Morgan fingerprint density at radius 2 is 1.83 bits per heavy atom. The van der Waals surface area contributed by atoms with Crippen molar-refractivity contribution in [1.82, 2.24) is 20.1 Å². The SMILES string of the molecule is C[n+]1ccc(-c2cc(F)cc(-c3ncnc(C(C)(C)C)n3)c2)[nH]1. The van der Waals surface area contributed by atoms with Crippen molar-refractivity contribution in [2.45, 2.75) is 26.2 Å². The lowest BCUT2D eigenvalue weighted by molar-refractivity contribution is -0.726. The summed E-state index contributed by atoms with van der Waals surface area (Å²) in [6, 6.07) is 6.69. The second-order valence-electron chi connectivity index (χ2n) is 6.56. The van der Waals surface area contributed by atoms with E-state index >= 15 is 0 Å². The van der Waals surface area contributed by atoms with Gasteiger partial charge in [0.2, 0.25) is 0 Å². The van der Waals surface area contributed by atoms with Gasteiger partial charge in [-0.1, -0.05) is 20.8 Å². The molecule has 0 radical (unpaired) electrons. The minimum atomic E-state index is -0.326. The smallest absolute Gasteiger partial charge is 0.195 e. The highest BCUT2D eigenvalue weighted by molar-refractivity contribution is 5.67. The Kier molecular flexibility index (Phi) is 3.67. The molecule has 0 saturated heterocycles. The number of hydrogen-bond donors (Lipinski definition) is 1. The van der Waals surface area contributed by atoms with Crippen molar-refractivity contribution in [2.75, 3.05) is 0 Å². The van der Waals surface area contributed by atoms with Crippen LogP contribution in [0.15, 0.2) is 36.8 Å². The summed E-state index contributed by atoms with van der Waals surface area (Å²) in [4.78, 5) is 12.9. The zero-order chi connectivity index (χ0) is 16.6. The molecule has 0 saturated carbocycles. The van der Waals surface area contributed by atoms with Gasteiger partial charge in [0.25, 0.3) is 0 Å². The third kappa shape index (κ3) is 3.26. The van der Waals surface area contributed by atoms with Crippen LogP contribution in [-0.2, 0) is 12.5 Å². The predicted molar refractivity (Wildman–Crippen MR) is 84.9 cm³/mol. The highest BCUT2D eigenvalue weighted by atomic mass is 19.1. The van der Waals surface area contributed by atoms with E-state index in [0.717, 1.165) is 11.3 Å². The molecule has 118 valence electrons. The maximum Gasteiger partial charge on any atom is 0.195 e. The van der Waals surface area contributed by atoms with Gasteiger partial charge < -0.3 is 0 Å². The van der Waals surface area contributed by atoms with Gasteiger partial charge in [0.1, 0.15) is 23.7 Å². The molecule has 0 aliphatic carbocycles. The van der Waals surface area contributed by atoms with Crippen LogP contribution in [-0.4, -0.2) is 20.1 Å². The van der Waals surface area contributed by atoms with Crippen molar-refractivity contribution < 1.29 is 9.07 Å². The van der Waals surface area contributed by atoms with Crippen LogP contribution in [0.3, 0.4) is 0 Å². The summed E-state index contributed by atoms with van der Waals surface area (Å²) in [5.41, 5.74) is 2.02. The van der Waals surface area contributed by atoms with Gasteiger partial charge >= 0.3 is 0 Å². The lowest BCUT2D eigenvalue weighted by Crippen LogP contribution is -2.28. The molecule has 1 N–H and O–H groups in total. The Morgan fingerprint density at radius 1 is 1.09 bits per heavy atom. The van der Waals surface area contributed by atoms with Crippen LogP contribution in [0.25, 0.3) is 22.6 Å². The monoisotopic (exact) mass is 312 g/mol. The Labute approximate surface area is 134 Å². The van der Waals surface area contributed by atoms with Crippen LogP contribution in [0.2, 0.25) is 0 Å². The molecule has 3 rings (SSSR count). The van der Waals surface area contributed by atoms with Crippen molar-refractivity contribution in [3.63, 3.8) is 0 Å². The van der Waals surface area contributed by atoms with Crippen LogP contribution in [0.4, 0.5) is 4.39 Å². The lowest BCUT2D eigenvalue weighted by Gasteiger charge is -2.16. The van der Waals surface area contributed by atoms with E-state index in [0.29, 0.717) is 17.2 Å². The van der Waals surface area contributed by atoms with Crippen LogP contribution in [0.1, 0.15) is 26.6 Å². The number of halogens is 1. The summed E-state index contributed by atoms with van der Waals surface area (Å²) in [7, 11) is 1.88. The van der Waals surface area contributed by atoms with Gasteiger partial charge in [0.05, 0.1) is 0 Å². The first-order valence-corrected chi connectivity index (χ1v) is 7.38. The summed E-state index contributed by atoms with van der Waals surface area (Å²) in [5.74, 6) is 0.827. The summed E-state index contributed by atoms with van der Waals surface area (Å²) in [5, 5.41) is 3.13. The zero-order valence-corrected chi connectivity index (χ0v) is 13.6. The summed E-state index contributed by atoms with van der Waals surface area (Å²) >= 11 is 0. The highest BCUT2D eigenvalue weighted by Crippen LogP contribution is 2.26. The molecule has 0 fully saturated rings. The average Bonchev–Trinajstić information content (AvgIpc) is 2.92. The molecular formula is C17H19FN5+. The first-order chi connectivity index (χ1) is 10.8. The molecular weight excluding hydrogens is 293 g/mol. The molecule has 5 nitrogen and oxygen atoms in total. The van der Waals surface area contributed by atoms with Crippen molar-refractivity contribution in [1.29, 1.82) is 0 Å². The van der Waals surface area contributed by atoms with Crippen LogP contribution >= 0.6 is 0 Å². The van der Waals surface area contributed by atoms with Gasteiger partial charge in [-0.2, -0.15) is 5.10 Å². The molecule has 0 unspecified atom stereocenters. The van der Waals surface area contributed by atoms with Crippen molar-refractivity contribution in [2.24, 2.45) is 7.05 Å². The van der Waals surface area contributed by atoms with E-state index in [-0.39, 0.29) is 11.2 Å². The Balaban J connectivity index is 2.09. The third-order valence-electron chi connectivity index (χ3n) is 3.47. The van der Waals surface area contributed by atoms with E-state index in [4.69, 9.17) is 0 Å². The molecule has 0 amide bonds. The maximum atomic E-state index is 14.0. The van der Waals surface area contributed by atoms with Gasteiger partial charge in [-0.25, -0.2) is 19.3 Å². The number of H-pyrrole nitrogens is 1. The van der Waals surface area contributed by atoms with E-state index < -0.39 is 0 Å². The van der Waals surface area contributed by atoms with Gasteiger partial charge in [-0.05, 0) is 18.2 Å². The van der Waals surface area contributed by atoms with E-state index in [1.807, 2.05) is 46.1 Å². The molecule has 0 bridgehead atoms. The summed E-state index contributed by atoms with van der Waals surface area (Å²) in [6.07, 6.45) is 3.35. The van der Waals surface area contributed by atoms with Crippen LogP contribution in [0, 0.1) is 5.82 Å². The highest BCUT2D eigenvalue weighted by Gasteiger charge is 2.19. The van der Waals surface area contributed by atoms with Crippen molar-refractivity contribution in [3.8, 4) is 22.6 Å². The Hall–Kier alpha value is -2.63. The maximum absolute atomic E-state index is 14.0. The standard InChI is InChI=1S/C17H18FN5/c1-17(2,3)16-20-10-19-15(21-16)12-7-11(8-13(18)9-12)14-5-6-23(4)22-14/h5-10H,1-4H3/p+1. The first kappa shape index (κ1) is 15.3. The molecule has 3 aromatic rings. The number of nitrogens with one attached hydrogen (secondary N) is 1. The largest absolute Gasteiger partial charge is 0.221 e. The fourth-order valence-corrected chi connectivity index (χ4v) is 2.28. The molecule has 23 heavy (non-hydrogen) atoms. The number of aryl methyl sites for hydroxylation is 1. The second kappa shape index (κ2) is 5.53. The number of aromatic amines is 1.